The Morgan fingerprint density at radius 2 is 2.06 bits per heavy atom. The summed E-state index contributed by atoms with van der Waals surface area (Å²) < 4.78 is 69.9. The van der Waals surface area contributed by atoms with Crippen LogP contribution in [-0.2, 0) is 10.1 Å². The minimum Gasteiger partial charge on any atom is -0.467 e. The Bertz CT molecular complexity index is 518. The molecule has 1 rings (SSSR count). The van der Waals surface area contributed by atoms with Gasteiger partial charge in [0.05, 0.1) is 6.20 Å². The van der Waals surface area contributed by atoms with Gasteiger partial charge >= 0.3 is 16.3 Å². The predicted molar refractivity (Wildman–Crippen MR) is 48.4 cm³/mol. The molecule has 0 aliphatic carbocycles. The Labute approximate surface area is 98.1 Å². The van der Waals surface area contributed by atoms with E-state index >= 15 is 0 Å². The fourth-order valence-electron chi connectivity index (χ4n) is 0.765. The quantitative estimate of drug-likeness (QED) is 0.667. The molecular formula is C6H4ClF3N2O4S. The van der Waals surface area contributed by atoms with Crippen molar-refractivity contribution in [2.24, 2.45) is 0 Å². The normalized spacial score (nSPS) is 12.5. The van der Waals surface area contributed by atoms with Gasteiger partial charge in [-0.2, -0.15) is 26.6 Å². The number of hydrogen-bond acceptors (Lipinski definition) is 5. The van der Waals surface area contributed by atoms with Crippen LogP contribution < -0.4 is 4.74 Å². The number of alkyl halides is 3. The molecule has 0 amide bonds. The summed E-state index contributed by atoms with van der Waals surface area (Å²) in [7, 11) is -4.79. The molecule has 0 aliphatic rings. The van der Waals surface area contributed by atoms with Crippen molar-refractivity contribution in [3.8, 4) is 5.88 Å². The minimum atomic E-state index is -4.79. The van der Waals surface area contributed by atoms with Gasteiger partial charge in [0.25, 0.3) is 0 Å². The van der Waals surface area contributed by atoms with Crippen LogP contribution in [0.2, 0.25) is 5.28 Å². The first-order valence-electron chi connectivity index (χ1n) is 3.79. The Kier molecular flexibility index (Phi) is 3.79. The van der Waals surface area contributed by atoms with E-state index in [1.165, 1.54) is 0 Å². The zero-order valence-electron chi connectivity index (χ0n) is 7.77. The third kappa shape index (κ3) is 4.32. The molecule has 17 heavy (non-hydrogen) atoms. The average Bonchev–Trinajstić information content (AvgIpc) is 2.11. The molecule has 0 aliphatic heterocycles. The summed E-state index contributed by atoms with van der Waals surface area (Å²) in [6.07, 6.45) is -4.15. The summed E-state index contributed by atoms with van der Waals surface area (Å²) in [4.78, 5) is 5.35. The molecule has 6 nitrogen and oxygen atoms in total. The second-order valence-electron chi connectivity index (χ2n) is 2.69. The van der Waals surface area contributed by atoms with E-state index in [0.29, 0.717) is 6.20 Å². The van der Waals surface area contributed by atoms with Crippen molar-refractivity contribution in [3.05, 3.63) is 11.5 Å². The molecule has 0 unspecified atom stereocenters. The fraction of sp³-hybridized carbons (Fsp3) is 0.333. The van der Waals surface area contributed by atoms with Crippen molar-refractivity contribution in [1.29, 1.82) is 0 Å². The van der Waals surface area contributed by atoms with Gasteiger partial charge in [0, 0.05) is 0 Å². The summed E-state index contributed by atoms with van der Waals surface area (Å²) in [5.74, 6) is -0.968. The molecular weight excluding hydrogens is 289 g/mol. The van der Waals surface area contributed by atoms with Gasteiger partial charge in [-0.3, -0.25) is 4.55 Å². The van der Waals surface area contributed by atoms with Crippen LogP contribution in [0, 0.1) is 0 Å². The summed E-state index contributed by atoms with van der Waals surface area (Å²) in [5, 5.41) is -0.519. The van der Waals surface area contributed by atoms with Gasteiger partial charge in [-0.25, -0.2) is 4.98 Å². The van der Waals surface area contributed by atoms with Gasteiger partial charge in [-0.1, -0.05) is 0 Å². The van der Waals surface area contributed by atoms with Crippen LogP contribution in [-0.4, -0.2) is 35.7 Å². The molecule has 1 aromatic rings. The van der Waals surface area contributed by atoms with E-state index < -0.39 is 39.0 Å². The van der Waals surface area contributed by atoms with E-state index in [2.05, 4.69) is 14.7 Å². The van der Waals surface area contributed by atoms with Crippen LogP contribution in [0.5, 0.6) is 5.88 Å². The average molecular weight is 293 g/mol. The van der Waals surface area contributed by atoms with Gasteiger partial charge in [0.2, 0.25) is 11.2 Å². The molecule has 1 aromatic heterocycles. The maximum atomic E-state index is 11.9. The maximum absolute atomic E-state index is 11.9. The Balaban J connectivity index is 3.09. The van der Waals surface area contributed by atoms with E-state index in [9.17, 15) is 21.6 Å². The fourth-order valence-corrected chi connectivity index (χ4v) is 1.40. The molecule has 0 saturated heterocycles. The lowest BCUT2D eigenvalue weighted by Crippen LogP contribution is -2.21. The molecule has 0 aromatic carbocycles. The zero-order chi connectivity index (χ0) is 13.3. The molecule has 1 N–H and O–H groups in total. The van der Waals surface area contributed by atoms with Gasteiger partial charge in [-0.15, -0.1) is 0 Å². The van der Waals surface area contributed by atoms with E-state index in [-0.39, 0.29) is 0 Å². The number of rotatable bonds is 3. The third-order valence-corrected chi connectivity index (χ3v) is 2.36. The highest BCUT2D eigenvalue weighted by Gasteiger charge is 2.30. The Morgan fingerprint density at radius 3 is 2.53 bits per heavy atom. The van der Waals surface area contributed by atoms with Crippen molar-refractivity contribution in [2.75, 3.05) is 6.61 Å². The lowest BCUT2D eigenvalue weighted by atomic mass is 10.6. The van der Waals surface area contributed by atoms with Crippen LogP contribution in [0.1, 0.15) is 0 Å². The van der Waals surface area contributed by atoms with Crippen LogP contribution in [0.4, 0.5) is 13.2 Å². The first-order valence-corrected chi connectivity index (χ1v) is 5.61. The summed E-state index contributed by atoms with van der Waals surface area (Å²) in [6, 6.07) is 0. The van der Waals surface area contributed by atoms with Crippen molar-refractivity contribution < 1.29 is 30.9 Å². The monoisotopic (exact) mass is 292 g/mol. The summed E-state index contributed by atoms with van der Waals surface area (Å²) in [5.41, 5.74) is 0. The van der Waals surface area contributed by atoms with Crippen LogP contribution in [0.15, 0.2) is 11.1 Å². The minimum absolute atomic E-state index is 0.519. The Hall–Kier alpha value is -1.13. The highest BCUT2D eigenvalue weighted by atomic mass is 35.5. The van der Waals surface area contributed by atoms with Crippen molar-refractivity contribution in [2.45, 2.75) is 11.1 Å². The van der Waals surface area contributed by atoms with Crippen LogP contribution in [0.25, 0.3) is 0 Å². The summed E-state index contributed by atoms with van der Waals surface area (Å²) in [6.45, 7) is -1.77. The molecule has 1 heterocycles. The van der Waals surface area contributed by atoms with Gasteiger partial charge < -0.3 is 4.74 Å². The highest BCUT2D eigenvalue weighted by molar-refractivity contribution is 7.86. The number of nitrogens with zero attached hydrogens (tertiary/aromatic N) is 2. The molecule has 0 spiro atoms. The zero-order valence-corrected chi connectivity index (χ0v) is 9.34. The largest absolute Gasteiger partial charge is 0.467 e. The van der Waals surface area contributed by atoms with Gasteiger partial charge in [0.1, 0.15) is 0 Å². The van der Waals surface area contributed by atoms with Gasteiger partial charge in [0.15, 0.2) is 11.5 Å². The summed E-state index contributed by atoms with van der Waals surface area (Å²) >= 11 is 5.26. The number of aromatic nitrogens is 2. The van der Waals surface area contributed by atoms with Crippen molar-refractivity contribution in [1.82, 2.24) is 9.97 Å². The predicted octanol–water partition coefficient (Wildman–Crippen LogP) is 1.32. The van der Waals surface area contributed by atoms with Crippen LogP contribution in [0.3, 0.4) is 0 Å². The first-order chi connectivity index (χ1) is 7.59. The first kappa shape index (κ1) is 13.9. The lowest BCUT2D eigenvalue weighted by molar-refractivity contribution is -0.154. The maximum Gasteiger partial charge on any atom is 0.422 e. The second kappa shape index (κ2) is 4.63. The molecule has 0 saturated carbocycles. The molecule has 0 atom stereocenters. The molecule has 0 bridgehead atoms. The van der Waals surface area contributed by atoms with E-state index in [4.69, 9.17) is 16.2 Å². The van der Waals surface area contributed by atoms with E-state index in [0.717, 1.165) is 0 Å². The number of halogens is 4. The van der Waals surface area contributed by atoms with E-state index in [1.54, 1.807) is 0 Å². The van der Waals surface area contributed by atoms with Crippen molar-refractivity contribution >= 4 is 21.7 Å². The SMILES string of the molecule is O=S(=O)(O)c1cnc(Cl)nc1OCC(F)(F)F. The van der Waals surface area contributed by atoms with Crippen LogP contribution >= 0.6 is 11.6 Å². The van der Waals surface area contributed by atoms with E-state index in [1.807, 2.05) is 0 Å². The number of hydrogen-bond donors (Lipinski definition) is 1. The molecule has 0 radical (unpaired) electrons. The topological polar surface area (TPSA) is 89.4 Å². The smallest absolute Gasteiger partial charge is 0.422 e. The third-order valence-electron chi connectivity index (χ3n) is 1.34. The van der Waals surface area contributed by atoms with Crippen molar-refractivity contribution in [3.63, 3.8) is 0 Å². The lowest BCUT2D eigenvalue weighted by Gasteiger charge is -2.10. The highest BCUT2D eigenvalue weighted by Crippen LogP contribution is 2.24. The molecule has 11 heteroatoms. The molecule has 96 valence electrons. The molecule has 0 fully saturated rings. The standard InChI is InChI=1S/C6H4ClF3N2O4S/c7-5-11-1-3(17(13,14)15)4(12-5)16-2-6(8,9)10/h1H,2H2,(H,13,14,15). The number of ether oxygens (including phenoxy) is 1. The second-order valence-corrected chi connectivity index (χ2v) is 4.42. The Morgan fingerprint density at radius 1 is 1.47 bits per heavy atom. The van der Waals surface area contributed by atoms with Gasteiger partial charge in [-0.05, 0) is 11.6 Å².